The molecule has 0 spiro atoms. The van der Waals surface area contributed by atoms with E-state index in [2.05, 4.69) is 19.7 Å². The standard InChI is InChI=1S/C34H48O6/c1-17(2)30(37)26-12-20(26)8-24(35)10-22-14-28(22)32(39)19(5)16-34(6,7)33(40)29-15-23(29)11-25(36)9-21-13-27(21)31(38)18(3)4/h20-29,35-36H,1,3,5,8-16H2,2,4,6-7H3/t20-,21+,22+,23-,24?,25?,26+,27-,28-,29+/m1/s1. The Bertz CT molecular complexity index is 1110. The summed E-state index contributed by atoms with van der Waals surface area (Å²) in [6, 6.07) is 0. The van der Waals surface area contributed by atoms with Crippen LogP contribution in [0.3, 0.4) is 0 Å². The molecule has 4 rings (SSSR count). The first-order valence-corrected chi connectivity index (χ1v) is 15.1. The van der Waals surface area contributed by atoms with Gasteiger partial charge in [-0.25, -0.2) is 0 Å². The molecular formula is C34H48O6. The Labute approximate surface area is 239 Å². The van der Waals surface area contributed by atoms with Gasteiger partial charge >= 0.3 is 0 Å². The topological polar surface area (TPSA) is 109 Å². The summed E-state index contributed by atoms with van der Waals surface area (Å²) in [6.45, 7) is 18.7. The van der Waals surface area contributed by atoms with Crippen LogP contribution in [0.4, 0.5) is 0 Å². The Morgan fingerprint density at radius 3 is 1.35 bits per heavy atom. The van der Waals surface area contributed by atoms with E-state index in [-0.39, 0.29) is 70.5 Å². The van der Waals surface area contributed by atoms with Crippen molar-refractivity contribution in [2.45, 2.75) is 97.7 Å². The number of rotatable bonds is 18. The number of Topliss-reactive ketones (excluding diaryl/α,β-unsaturated/α-hetero) is 4. The summed E-state index contributed by atoms with van der Waals surface area (Å²) >= 11 is 0. The molecule has 0 bridgehead atoms. The number of allylic oxidation sites excluding steroid dienone is 3. The van der Waals surface area contributed by atoms with E-state index < -0.39 is 17.6 Å². The zero-order valence-corrected chi connectivity index (χ0v) is 24.8. The summed E-state index contributed by atoms with van der Waals surface area (Å²) in [6.07, 6.45) is 4.77. The van der Waals surface area contributed by atoms with Crippen LogP contribution in [-0.2, 0) is 19.2 Å². The van der Waals surface area contributed by atoms with Gasteiger partial charge in [0, 0.05) is 29.1 Å². The zero-order chi connectivity index (χ0) is 29.7. The Balaban J connectivity index is 1.15. The van der Waals surface area contributed by atoms with Crippen molar-refractivity contribution in [1.29, 1.82) is 0 Å². The lowest BCUT2D eigenvalue weighted by Crippen LogP contribution is -2.29. The van der Waals surface area contributed by atoms with E-state index in [1.165, 1.54) is 0 Å². The molecule has 6 nitrogen and oxygen atoms in total. The number of hydrogen-bond acceptors (Lipinski definition) is 6. The van der Waals surface area contributed by atoms with Crippen LogP contribution in [0.2, 0.25) is 0 Å². The van der Waals surface area contributed by atoms with Crippen molar-refractivity contribution in [1.82, 2.24) is 0 Å². The minimum atomic E-state index is -0.701. The summed E-state index contributed by atoms with van der Waals surface area (Å²) in [5, 5.41) is 21.1. The van der Waals surface area contributed by atoms with Crippen molar-refractivity contribution in [2.75, 3.05) is 0 Å². The van der Waals surface area contributed by atoms with Crippen molar-refractivity contribution < 1.29 is 29.4 Å². The highest BCUT2D eigenvalue weighted by atomic mass is 16.3. The summed E-state index contributed by atoms with van der Waals surface area (Å²) in [5.74, 6) is 0.857. The summed E-state index contributed by atoms with van der Waals surface area (Å²) in [7, 11) is 0. The molecule has 10 atom stereocenters. The van der Waals surface area contributed by atoms with Gasteiger partial charge in [-0.15, -0.1) is 0 Å². The van der Waals surface area contributed by atoms with Crippen LogP contribution in [0, 0.1) is 52.8 Å². The van der Waals surface area contributed by atoms with Gasteiger partial charge in [0.15, 0.2) is 17.3 Å². The van der Waals surface area contributed by atoms with Gasteiger partial charge in [0.05, 0.1) is 12.2 Å². The molecule has 4 aliphatic carbocycles. The molecule has 2 N–H and O–H groups in total. The van der Waals surface area contributed by atoms with Gasteiger partial charge in [0.1, 0.15) is 5.78 Å². The number of hydrogen-bond donors (Lipinski definition) is 2. The quantitative estimate of drug-likeness (QED) is 0.226. The van der Waals surface area contributed by atoms with Crippen molar-refractivity contribution in [3.05, 3.63) is 36.5 Å². The Morgan fingerprint density at radius 2 is 0.975 bits per heavy atom. The molecule has 4 aliphatic rings. The fraction of sp³-hybridized carbons (Fsp3) is 0.706. The van der Waals surface area contributed by atoms with Gasteiger partial charge in [-0.3, -0.25) is 19.2 Å². The summed E-state index contributed by atoms with van der Waals surface area (Å²) in [4.78, 5) is 50.4. The van der Waals surface area contributed by atoms with Gasteiger partial charge in [-0.2, -0.15) is 0 Å². The molecule has 0 saturated heterocycles. The highest BCUT2D eigenvalue weighted by molar-refractivity contribution is 6.00. The molecule has 220 valence electrons. The number of aliphatic hydroxyl groups excluding tert-OH is 2. The molecular weight excluding hydrogens is 504 g/mol. The lowest BCUT2D eigenvalue weighted by atomic mass is 9.78. The second-order valence-corrected chi connectivity index (χ2v) is 14.3. The van der Waals surface area contributed by atoms with Crippen molar-refractivity contribution in [2.24, 2.45) is 52.8 Å². The van der Waals surface area contributed by atoms with E-state index >= 15 is 0 Å². The normalized spacial score (nSPS) is 33.4. The average molecular weight is 553 g/mol. The third-order valence-electron chi connectivity index (χ3n) is 9.85. The van der Waals surface area contributed by atoms with E-state index in [0.717, 1.165) is 25.7 Å². The second kappa shape index (κ2) is 11.6. The molecule has 0 heterocycles. The molecule has 0 aromatic heterocycles. The molecule has 2 unspecified atom stereocenters. The van der Waals surface area contributed by atoms with Crippen LogP contribution >= 0.6 is 0 Å². The first-order valence-electron chi connectivity index (χ1n) is 15.1. The number of carbonyl (C=O) groups excluding carboxylic acids is 4. The number of carbonyl (C=O) groups is 4. The van der Waals surface area contributed by atoms with Crippen molar-refractivity contribution in [3.8, 4) is 0 Å². The number of aliphatic hydroxyl groups is 2. The SMILES string of the molecule is C=C(C)C(=O)[C@H]1C[C@H]1CC(O)C[C@H]1C[C@H]1C(=O)C(=C)CC(C)(C)C(=O)[C@H]1C[C@H]1CC(O)C[C@H]1C[C@H]1C(=O)C(=C)C. The van der Waals surface area contributed by atoms with E-state index in [4.69, 9.17) is 0 Å². The third-order valence-corrected chi connectivity index (χ3v) is 9.85. The van der Waals surface area contributed by atoms with Crippen LogP contribution in [0.5, 0.6) is 0 Å². The van der Waals surface area contributed by atoms with Gasteiger partial charge in [0.25, 0.3) is 0 Å². The monoisotopic (exact) mass is 552 g/mol. The van der Waals surface area contributed by atoms with Crippen LogP contribution in [0.1, 0.15) is 85.5 Å². The Kier molecular flexibility index (Phi) is 8.92. The van der Waals surface area contributed by atoms with E-state index in [1.54, 1.807) is 13.8 Å². The number of ketones is 4. The van der Waals surface area contributed by atoms with Crippen molar-refractivity contribution >= 4 is 23.1 Å². The molecule has 0 radical (unpaired) electrons. The lowest BCUT2D eigenvalue weighted by Gasteiger charge is -2.24. The maximum absolute atomic E-state index is 13.3. The zero-order valence-electron chi connectivity index (χ0n) is 24.8. The molecule has 0 aromatic rings. The maximum atomic E-state index is 13.3. The molecule has 0 aromatic carbocycles. The highest BCUT2D eigenvalue weighted by Gasteiger charge is 2.51. The van der Waals surface area contributed by atoms with Gasteiger partial charge in [0.2, 0.25) is 0 Å². The second-order valence-electron chi connectivity index (χ2n) is 14.3. The minimum absolute atomic E-state index is 0.000512. The first-order chi connectivity index (χ1) is 18.6. The average Bonchev–Trinajstić information content (AvgIpc) is 3.65. The predicted molar refractivity (Wildman–Crippen MR) is 154 cm³/mol. The first kappa shape index (κ1) is 30.8. The van der Waals surface area contributed by atoms with Crippen molar-refractivity contribution in [3.63, 3.8) is 0 Å². The highest BCUT2D eigenvalue weighted by Crippen LogP contribution is 2.51. The molecule has 40 heavy (non-hydrogen) atoms. The maximum Gasteiger partial charge on any atom is 0.161 e. The summed E-state index contributed by atoms with van der Waals surface area (Å²) in [5.41, 5.74) is 0.929. The van der Waals surface area contributed by atoms with E-state index in [0.29, 0.717) is 48.8 Å². The van der Waals surface area contributed by atoms with E-state index in [1.807, 2.05) is 13.8 Å². The van der Waals surface area contributed by atoms with Crippen LogP contribution in [0.25, 0.3) is 0 Å². The molecule has 6 heteroatoms. The van der Waals surface area contributed by atoms with Crippen LogP contribution in [0.15, 0.2) is 36.5 Å². The van der Waals surface area contributed by atoms with Gasteiger partial charge < -0.3 is 10.2 Å². The van der Waals surface area contributed by atoms with Crippen LogP contribution in [-0.4, -0.2) is 45.6 Å². The largest absolute Gasteiger partial charge is 0.393 e. The minimum Gasteiger partial charge on any atom is -0.393 e. The molecule has 0 amide bonds. The molecule has 4 fully saturated rings. The Hall–Kier alpha value is -2.18. The molecule has 4 saturated carbocycles. The van der Waals surface area contributed by atoms with Crippen LogP contribution < -0.4 is 0 Å². The van der Waals surface area contributed by atoms with Gasteiger partial charge in [-0.1, -0.05) is 33.6 Å². The fourth-order valence-corrected chi connectivity index (χ4v) is 7.01. The van der Waals surface area contributed by atoms with Gasteiger partial charge in [-0.05, 0) is 112 Å². The Morgan fingerprint density at radius 1 is 0.650 bits per heavy atom. The molecule has 0 aliphatic heterocycles. The third kappa shape index (κ3) is 7.36. The summed E-state index contributed by atoms with van der Waals surface area (Å²) < 4.78 is 0. The fourth-order valence-electron chi connectivity index (χ4n) is 7.01. The van der Waals surface area contributed by atoms with E-state index in [9.17, 15) is 29.4 Å². The smallest absolute Gasteiger partial charge is 0.161 e. The lowest BCUT2D eigenvalue weighted by molar-refractivity contribution is -0.129. The predicted octanol–water partition coefficient (Wildman–Crippen LogP) is 5.21.